The average Bonchev–Trinajstić information content (AvgIpc) is 2.91. The van der Waals surface area contributed by atoms with E-state index in [2.05, 4.69) is 5.32 Å². The van der Waals surface area contributed by atoms with E-state index in [0.717, 1.165) is 15.4 Å². The highest BCUT2D eigenvalue weighted by atomic mass is 32.2. The van der Waals surface area contributed by atoms with Crippen LogP contribution in [0.25, 0.3) is 0 Å². The van der Waals surface area contributed by atoms with Crippen molar-refractivity contribution in [2.24, 2.45) is 0 Å². The number of carbonyl (C=O) groups is 2. The van der Waals surface area contributed by atoms with Crippen molar-refractivity contribution in [3.05, 3.63) is 90.0 Å². The molecule has 0 bridgehead atoms. The van der Waals surface area contributed by atoms with Gasteiger partial charge in [-0.2, -0.15) is 0 Å². The first kappa shape index (κ1) is 27.7. The Labute approximate surface area is 218 Å². The number of nitrogens with zero attached hydrogens (tertiary/aromatic N) is 2. The first-order chi connectivity index (χ1) is 17.7. The molecule has 2 amide bonds. The van der Waals surface area contributed by atoms with Crippen molar-refractivity contribution < 1.29 is 22.7 Å². The Kier molecular flexibility index (Phi) is 9.30. The summed E-state index contributed by atoms with van der Waals surface area (Å²) in [6.45, 7) is 3.44. The maximum absolute atomic E-state index is 13.9. The quantitative estimate of drug-likeness (QED) is 0.413. The summed E-state index contributed by atoms with van der Waals surface area (Å²) in [5, 5.41) is 2.62. The van der Waals surface area contributed by atoms with Crippen LogP contribution in [0, 0.1) is 6.92 Å². The second kappa shape index (κ2) is 12.4. The van der Waals surface area contributed by atoms with Crippen LogP contribution in [0.2, 0.25) is 0 Å². The van der Waals surface area contributed by atoms with E-state index in [1.165, 1.54) is 31.2 Å². The molecule has 0 aromatic heterocycles. The first-order valence-electron chi connectivity index (χ1n) is 12.0. The van der Waals surface area contributed by atoms with Gasteiger partial charge in [0.25, 0.3) is 10.0 Å². The number of amides is 2. The average molecular weight is 524 g/mol. The van der Waals surface area contributed by atoms with Crippen molar-refractivity contribution in [3.8, 4) is 5.75 Å². The van der Waals surface area contributed by atoms with Gasteiger partial charge in [-0.3, -0.25) is 13.9 Å². The van der Waals surface area contributed by atoms with Crippen LogP contribution in [-0.4, -0.2) is 51.9 Å². The molecule has 0 aliphatic rings. The van der Waals surface area contributed by atoms with Gasteiger partial charge in [-0.1, -0.05) is 55.0 Å². The number of likely N-dealkylation sites (N-methyl/N-ethyl adjacent to an activating group) is 1. The van der Waals surface area contributed by atoms with Crippen molar-refractivity contribution in [2.45, 2.75) is 37.8 Å². The van der Waals surface area contributed by atoms with E-state index in [1.807, 2.05) is 38.1 Å². The molecule has 0 radical (unpaired) electrons. The summed E-state index contributed by atoms with van der Waals surface area (Å²) in [4.78, 5) is 28.1. The van der Waals surface area contributed by atoms with Crippen molar-refractivity contribution in [3.63, 3.8) is 0 Å². The summed E-state index contributed by atoms with van der Waals surface area (Å²) < 4.78 is 33.7. The number of sulfonamides is 1. The molecule has 196 valence electrons. The molecule has 0 aliphatic carbocycles. The SMILES string of the molecule is CC[C@H](C(=O)NC)N(Cc1cccc(C)c1)C(=O)CN(c1ccc(OC)cc1)S(=O)(=O)c1ccccc1. The number of nitrogens with one attached hydrogen (secondary N) is 1. The maximum atomic E-state index is 13.9. The van der Waals surface area contributed by atoms with Crippen LogP contribution >= 0.6 is 0 Å². The number of hydrogen-bond donors (Lipinski definition) is 1. The van der Waals surface area contributed by atoms with Crippen LogP contribution in [-0.2, 0) is 26.2 Å². The van der Waals surface area contributed by atoms with E-state index in [0.29, 0.717) is 17.9 Å². The minimum absolute atomic E-state index is 0.0576. The predicted octanol–water partition coefficient (Wildman–Crippen LogP) is 3.75. The summed E-state index contributed by atoms with van der Waals surface area (Å²) in [5.41, 5.74) is 2.17. The van der Waals surface area contributed by atoms with Crippen molar-refractivity contribution in [1.82, 2.24) is 10.2 Å². The molecule has 3 aromatic rings. The molecule has 37 heavy (non-hydrogen) atoms. The lowest BCUT2D eigenvalue weighted by molar-refractivity contribution is -0.140. The van der Waals surface area contributed by atoms with Crippen LogP contribution in [0.3, 0.4) is 0 Å². The van der Waals surface area contributed by atoms with Gasteiger partial charge in [-0.25, -0.2) is 8.42 Å². The fraction of sp³-hybridized carbons (Fsp3) is 0.286. The minimum Gasteiger partial charge on any atom is -0.497 e. The topological polar surface area (TPSA) is 96.0 Å². The van der Waals surface area contributed by atoms with Crippen LogP contribution in [0.4, 0.5) is 5.69 Å². The Morgan fingerprint density at radius 1 is 0.973 bits per heavy atom. The number of benzene rings is 3. The third kappa shape index (κ3) is 6.68. The molecule has 0 spiro atoms. The van der Waals surface area contributed by atoms with Crippen molar-refractivity contribution in [1.29, 1.82) is 0 Å². The fourth-order valence-electron chi connectivity index (χ4n) is 4.09. The fourth-order valence-corrected chi connectivity index (χ4v) is 5.53. The zero-order chi connectivity index (χ0) is 27.0. The van der Waals surface area contributed by atoms with Gasteiger partial charge in [-0.15, -0.1) is 0 Å². The number of rotatable bonds is 11. The van der Waals surface area contributed by atoms with E-state index < -0.39 is 28.5 Å². The lowest BCUT2D eigenvalue weighted by Gasteiger charge is -2.33. The van der Waals surface area contributed by atoms with Gasteiger partial charge in [0.1, 0.15) is 18.3 Å². The second-order valence-electron chi connectivity index (χ2n) is 8.57. The number of ether oxygens (including phenoxy) is 1. The molecule has 1 N–H and O–H groups in total. The number of aryl methyl sites for hydroxylation is 1. The van der Waals surface area contributed by atoms with E-state index in [1.54, 1.807) is 42.5 Å². The number of hydrogen-bond acceptors (Lipinski definition) is 5. The standard InChI is InChI=1S/C28H33N3O5S/c1-5-26(28(33)29-3)30(19-22-11-9-10-21(2)18-22)27(32)20-31(23-14-16-24(36-4)17-15-23)37(34,35)25-12-7-6-8-13-25/h6-18,26H,5,19-20H2,1-4H3,(H,29,33)/t26-/m1/s1. The summed E-state index contributed by atoms with van der Waals surface area (Å²) in [6.07, 6.45) is 0.366. The predicted molar refractivity (Wildman–Crippen MR) is 144 cm³/mol. The molecule has 3 rings (SSSR count). The number of anilines is 1. The number of methoxy groups -OCH3 is 1. The Morgan fingerprint density at radius 3 is 2.22 bits per heavy atom. The third-order valence-electron chi connectivity index (χ3n) is 6.04. The molecule has 0 saturated carbocycles. The summed E-state index contributed by atoms with van der Waals surface area (Å²) in [5.74, 6) is -0.253. The van der Waals surface area contributed by atoms with Gasteiger partial charge in [0.05, 0.1) is 17.7 Å². The van der Waals surface area contributed by atoms with Crippen LogP contribution in [0.1, 0.15) is 24.5 Å². The Balaban J connectivity index is 2.05. The summed E-state index contributed by atoms with van der Waals surface area (Å²) >= 11 is 0. The lowest BCUT2D eigenvalue weighted by atomic mass is 10.1. The molecule has 0 aliphatic heterocycles. The molecule has 1 atom stereocenters. The normalized spacial score (nSPS) is 11.9. The van der Waals surface area contributed by atoms with Crippen LogP contribution in [0.5, 0.6) is 5.75 Å². The van der Waals surface area contributed by atoms with Gasteiger partial charge >= 0.3 is 0 Å². The lowest BCUT2D eigenvalue weighted by Crippen LogP contribution is -2.51. The Bertz CT molecular complexity index is 1310. The van der Waals surface area contributed by atoms with Gasteiger partial charge in [0.2, 0.25) is 11.8 Å². The largest absolute Gasteiger partial charge is 0.497 e. The molecule has 9 heteroatoms. The monoisotopic (exact) mass is 523 g/mol. The molecule has 0 heterocycles. The molecule has 8 nitrogen and oxygen atoms in total. The molecule has 0 unspecified atom stereocenters. The maximum Gasteiger partial charge on any atom is 0.264 e. The third-order valence-corrected chi connectivity index (χ3v) is 7.83. The minimum atomic E-state index is -4.10. The highest BCUT2D eigenvalue weighted by Crippen LogP contribution is 2.26. The molecule has 3 aromatic carbocycles. The smallest absolute Gasteiger partial charge is 0.264 e. The Morgan fingerprint density at radius 2 is 1.65 bits per heavy atom. The van der Waals surface area contributed by atoms with E-state index in [4.69, 9.17) is 4.74 Å². The van der Waals surface area contributed by atoms with E-state index >= 15 is 0 Å². The Hall–Kier alpha value is -3.85. The first-order valence-corrected chi connectivity index (χ1v) is 13.4. The van der Waals surface area contributed by atoms with Gasteiger partial charge < -0.3 is 15.0 Å². The van der Waals surface area contributed by atoms with Crippen LogP contribution < -0.4 is 14.4 Å². The highest BCUT2D eigenvalue weighted by Gasteiger charge is 2.33. The molecular weight excluding hydrogens is 490 g/mol. The highest BCUT2D eigenvalue weighted by molar-refractivity contribution is 7.92. The number of carbonyl (C=O) groups excluding carboxylic acids is 2. The second-order valence-corrected chi connectivity index (χ2v) is 10.4. The summed E-state index contributed by atoms with van der Waals surface area (Å²) in [7, 11) is -1.06. The van der Waals surface area contributed by atoms with E-state index in [9.17, 15) is 18.0 Å². The molecule has 0 fully saturated rings. The van der Waals surface area contributed by atoms with Gasteiger partial charge in [-0.05, 0) is 55.3 Å². The summed E-state index contributed by atoms with van der Waals surface area (Å²) in [6, 6.07) is 21.3. The van der Waals surface area contributed by atoms with Crippen molar-refractivity contribution >= 4 is 27.5 Å². The van der Waals surface area contributed by atoms with E-state index in [-0.39, 0.29) is 17.3 Å². The zero-order valence-corrected chi connectivity index (χ0v) is 22.4. The molecule has 0 saturated heterocycles. The van der Waals surface area contributed by atoms with Gasteiger partial charge in [0.15, 0.2) is 0 Å². The van der Waals surface area contributed by atoms with Crippen LogP contribution in [0.15, 0.2) is 83.8 Å². The van der Waals surface area contributed by atoms with Gasteiger partial charge in [0, 0.05) is 13.6 Å². The van der Waals surface area contributed by atoms with Crippen molar-refractivity contribution in [2.75, 3.05) is 25.0 Å². The molecular formula is C28H33N3O5S. The zero-order valence-electron chi connectivity index (χ0n) is 21.5.